The van der Waals surface area contributed by atoms with E-state index < -0.39 is 0 Å². The zero-order valence-corrected chi connectivity index (χ0v) is 17.5. The standard InChI is InChI=1S/C23H27N3OS/c1-17-7-3-4-8-19(17)15-25(2)16-22(27)26-13-11-18(12-14-26)23-24-20-9-5-6-10-21(20)28-23/h3-10,18H,11-16H2,1-2H3/p+1. The maximum atomic E-state index is 12.8. The molecule has 0 radical (unpaired) electrons. The van der Waals surface area contributed by atoms with Crippen LogP contribution in [0.4, 0.5) is 0 Å². The summed E-state index contributed by atoms with van der Waals surface area (Å²) in [7, 11) is 2.11. The van der Waals surface area contributed by atoms with E-state index in [1.54, 1.807) is 0 Å². The number of benzene rings is 2. The third kappa shape index (κ3) is 4.26. The summed E-state index contributed by atoms with van der Waals surface area (Å²) in [5.41, 5.74) is 3.72. The number of likely N-dealkylation sites (N-methyl/N-ethyl adjacent to an activating group) is 1. The minimum Gasteiger partial charge on any atom is -0.338 e. The van der Waals surface area contributed by atoms with Crippen LogP contribution in [-0.4, -0.2) is 42.5 Å². The van der Waals surface area contributed by atoms with Gasteiger partial charge in [0.2, 0.25) is 0 Å². The summed E-state index contributed by atoms with van der Waals surface area (Å²) in [6.07, 6.45) is 2.03. The second-order valence-electron chi connectivity index (χ2n) is 7.91. The van der Waals surface area contributed by atoms with E-state index in [0.717, 1.165) is 38.0 Å². The first-order valence-corrected chi connectivity index (χ1v) is 10.9. The molecule has 0 aliphatic carbocycles. The predicted molar refractivity (Wildman–Crippen MR) is 115 cm³/mol. The summed E-state index contributed by atoms with van der Waals surface area (Å²) in [5, 5.41) is 1.23. The minimum atomic E-state index is 0.272. The Balaban J connectivity index is 1.30. The van der Waals surface area contributed by atoms with Crippen molar-refractivity contribution in [2.45, 2.75) is 32.2 Å². The van der Waals surface area contributed by atoms with Gasteiger partial charge in [0.1, 0.15) is 6.54 Å². The Morgan fingerprint density at radius 3 is 2.61 bits per heavy atom. The number of carbonyl (C=O) groups excluding carboxylic acids is 1. The molecule has 1 amide bonds. The lowest BCUT2D eigenvalue weighted by atomic mass is 9.97. The average molecular weight is 395 g/mol. The Morgan fingerprint density at radius 2 is 1.86 bits per heavy atom. The fourth-order valence-electron chi connectivity index (χ4n) is 4.01. The SMILES string of the molecule is Cc1ccccc1C[NH+](C)CC(=O)N1CCC(c2nc3ccccc3s2)CC1. The summed E-state index contributed by atoms with van der Waals surface area (Å²) in [5.74, 6) is 0.757. The Hall–Kier alpha value is -2.24. The predicted octanol–water partition coefficient (Wildman–Crippen LogP) is 3.03. The Bertz CT molecular complexity index is 926. The Kier molecular flexibility index (Phi) is 5.74. The highest BCUT2D eigenvalue weighted by Crippen LogP contribution is 2.33. The zero-order chi connectivity index (χ0) is 19.5. The highest BCUT2D eigenvalue weighted by molar-refractivity contribution is 7.18. The topological polar surface area (TPSA) is 37.6 Å². The quantitative estimate of drug-likeness (QED) is 0.722. The van der Waals surface area contributed by atoms with Crippen LogP contribution in [0.3, 0.4) is 0 Å². The number of hydrogen-bond acceptors (Lipinski definition) is 3. The van der Waals surface area contributed by atoms with Gasteiger partial charge in [0, 0.05) is 24.6 Å². The van der Waals surface area contributed by atoms with Crippen LogP contribution in [0.25, 0.3) is 10.2 Å². The van der Waals surface area contributed by atoms with E-state index >= 15 is 0 Å². The largest absolute Gasteiger partial charge is 0.338 e. The Labute approximate surface area is 170 Å². The van der Waals surface area contributed by atoms with E-state index in [0.29, 0.717) is 12.5 Å². The van der Waals surface area contributed by atoms with Crippen LogP contribution >= 0.6 is 11.3 Å². The number of hydrogen-bond donors (Lipinski definition) is 1. The number of fused-ring (bicyclic) bond motifs is 1. The molecule has 146 valence electrons. The van der Waals surface area contributed by atoms with Crippen molar-refractivity contribution in [1.82, 2.24) is 9.88 Å². The number of quaternary nitrogens is 1. The summed E-state index contributed by atoms with van der Waals surface area (Å²) in [4.78, 5) is 20.9. The smallest absolute Gasteiger partial charge is 0.277 e. The monoisotopic (exact) mass is 394 g/mol. The van der Waals surface area contributed by atoms with Gasteiger partial charge < -0.3 is 9.80 Å². The molecule has 4 nitrogen and oxygen atoms in total. The number of thiazole rings is 1. The van der Waals surface area contributed by atoms with E-state index in [4.69, 9.17) is 4.98 Å². The van der Waals surface area contributed by atoms with Gasteiger partial charge in [-0.3, -0.25) is 4.79 Å². The number of aryl methyl sites for hydroxylation is 1. The molecule has 0 spiro atoms. The fraction of sp³-hybridized carbons (Fsp3) is 0.391. The summed E-state index contributed by atoms with van der Waals surface area (Å²) < 4.78 is 1.26. The van der Waals surface area contributed by atoms with Crippen LogP contribution in [0.5, 0.6) is 0 Å². The number of likely N-dealkylation sites (tertiary alicyclic amines) is 1. The second kappa shape index (κ2) is 8.41. The van der Waals surface area contributed by atoms with Crippen LogP contribution in [0.1, 0.15) is 34.9 Å². The van der Waals surface area contributed by atoms with E-state index in [1.807, 2.05) is 22.3 Å². The number of carbonyl (C=O) groups is 1. The number of aromatic nitrogens is 1. The van der Waals surface area contributed by atoms with Gasteiger partial charge in [-0.05, 0) is 37.5 Å². The molecule has 1 aliphatic rings. The molecule has 28 heavy (non-hydrogen) atoms. The second-order valence-corrected chi connectivity index (χ2v) is 8.97. The van der Waals surface area contributed by atoms with Crippen molar-refractivity contribution < 1.29 is 9.69 Å². The molecular weight excluding hydrogens is 366 g/mol. The molecule has 1 atom stereocenters. The number of nitrogens with one attached hydrogen (secondary N) is 1. The van der Waals surface area contributed by atoms with E-state index in [-0.39, 0.29) is 5.91 Å². The van der Waals surface area contributed by atoms with Crippen molar-refractivity contribution in [3.05, 3.63) is 64.7 Å². The van der Waals surface area contributed by atoms with Gasteiger partial charge in [-0.2, -0.15) is 0 Å². The van der Waals surface area contributed by atoms with Crippen LogP contribution in [-0.2, 0) is 11.3 Å². The molecule has 1 unspecified atom stereocenters. The zero-order valence-electron chi connectivity index (χ0n) is 16.6. The van der Waals surface area contributed by atoms with Crippen molar-refractivity contribution in [2.24, 2.45) is 0 Å². The van der Waals surface area contributed by atoms with Crippen LogP contribution in [0.2, 0.25) is 0 Å². The number of nitrogens with zero attached hydrogens (tertiary/aromatic N) is 2. The molecule has 1 aliphatic heterocycles. The molecule has 1 N–H and O–H groups in total. The first-order chi connectivity index (χ1) is 13.6. The van der Waals surface area contributed by atoms with E-state index in [1.165, 1.54) is 25.7 Å². The van der Waals surface area contributed by atoms with Crippen molar-refractivity contribution in [1.29, 1.82) is 0 Å². The first-order valence-electron chi connectivity index (χ1n) is 10.1. The Morgan fingerprint density at radius 1 is 1.14 bits per heavy atom. The highest BCUT2D eigenvalue weighted by atomic mass is 32.1. The minimum absolute atomic E-state index is 0.272. The van der Waals surface area contributed by atoms with Gasteiger partial charge in [0.15, 0.2) is 6.54 Å². The van der Waals surface area contributed by atoms with Gasteiger partial charge in [-0.15, -0.1) is 11.3 Å². The summed E-state index contributed by atoms with van der Waals surface area (Å²) in [6, 6.07) is 16.8. The van der Waals surface area contributed by atoms with Gasteiger partial charge >= 0.3 is 0 Å². The lowest BCUT2D eigenvalue weighted by Crippen LogP contribution is -3.09. The molecule has 2 heterocycles. The molecular formula is C23H28N3OS+. The van der Waals surface area contributed by atoms with E-state index in [9.17, 15) is 4.79 Å². The molecule has 4 rings (SSSR count). The highest BCUT2D eigenvalue weighted by Gasteiger charge is 2.27. The first kappa shape index (κ1) is 19.1. The van der Waals surface area contributed by atoms with Gasteiger partial charge in [0.05, 0.1) is 22.3 Å². The van der Waals surface area contributed by atoms with Gasteiger partial charge in [-0.1, -0.05) is 36.4 Å². The molecule has 0 saturated carbocycles. The lowest BCUT2D eigenvalue weighted by Gasteiger charge is -2.31. The van der Waals surface area contributed by atoms with Crippen molar-refractivity contribution >= 4 is 27.5 Å². The molecule has 0 bridgehead atoms. The molecule has 2 aromatic carbocycles. The average Bonchev–Trinajstić information content (AvgIpc) is 3.14. The number of amides is 1. The van der Waals surface area contributed by atoms with Crippen LogP contribution < -0.4 is 4.90 Å². The van der Waals surface area contributed by atoms with Crippen LogP contribution in [0, 0.1) is 6.92 Å². The normalized spacial score (nSPS) is 16.4. The summed E-state index contributed by atoms with van der Waals surface area (Å²) in [6.45, 7) is 5.27. The van der Waals surface area contributed by atoms with E-state index in [2.05, 4.69) is 56.4 Å². The third-order valence-corrected chi connectivity index (χ3v) is 6.91. The molecule has 1 fully saturated rings. The van der Waals surface area contributed by atoms with Crippen molar-refractivity contribution in [2.75, 3.05) is 26.7 Å². The molecule has 1 saturated heterocycles. The maximum Gasteiger partial charge on any atom is 0.277 e. The number of piperidine rings is 1. The van der Waals surface area contributed by atoms with Gasteiger partial charge in [0.25, 0.3) is 5.91 Å². The molecule has 5 heteroatoms. The third-order valence-electron chi connectivity index (χ3n) is 5.71. The summed E-state index contributed by atoms with van der Waals surface area (Å²) >= 11 is 1.81. The number of rotatable bonds is 5. The maximum absolute atomic E-state index is 12.8. The lowest BCUT2D eigenvalue weighted by molar-refractivity contribution is -0.885. The number of para-hydroxylation sites is 1. The van der Waals surface area contributed by atoms with Crippen LogP contribution in [0.15, 0.2) is 48.5 Å². The fourth-order valence-corrected chi connectivity index (χ4v) is 5.14. The van der Waals surface area contributed by atoms with Gasteiger partial charge in [-0.25, -0.2) is 4.98 Å². The molecule has 3 aromatic rings. The molecule has 1 aromatic heterocycles. The van der Waals surface area contributed by atoms with Crippen molar-refractivity contribution in [3.8, 4) is 0 Å². The van der Waals surface area contributed by atoms with Crippen molar-refractivity contribution in [3.63, 3.8) is 0 Å².